The van der Waals surface area contributed by atoms with Gasteiger partial charge in [0.2, 0.25) is 11.6 Å². The van der Waals surface area contributed by atoms with Crippen LogP contribution in [0.3, 0.4) is 0 Å². The van der Waals surface area contributed by atoms with Gasteiger partial charge in [-0.25, -0.2) is 0 Å². The van der Waals surface area contributed by atoms with Crippen molar-refractivity contribution in [3.63, 3.8) is 0 Å². The average Bonchev–Trinajstić information content (AvgIpc) is 2.62. The highest BCUT2D eigenvalue weighted by Gasteiger charge is 2.31. The first-order valence-electron chi connectivity index (χ1n) is 7.55. The monoisotopic (exact) mass is 357 g/mol. The molecule has 0 heterocycles. The van der Waals surface area contributed by atoms with Gasteiger partial charge >= 0.3 is 0 Å². The first kappa shape index (κ1) is 17.0. The topological polar surface area (TPSA) is 64.6 Å². The molecule has 0 atom stereocenters. The minimum absolute atomic E-state index is 0.0528. The second kappa shape index (κ2) is 6.61. The number of halogens is 1. The summed E-state index contributed by atoms with van der Waals surface area (Å²) < 4.78 is 10.6. The van der Waals surface area contributed by atoms with Crippen LogP contribution >= 0.6 is 11.6 Å². The Balaban J connectivity index is 2.04. The van der Waals surface area contributed by atoms with Crippen LogP contribution in [0.2, 0.25) is 0 Å². The van der Waals surface area contributed by atoms with E-state index >= 15 is 0 Å². The quantitative estimate of drug-likeness (QED) is 0.897. The molecule has 5 nitrogen and oxygen atoms in total. The lowest BCUT2D eigenvalue weighted by molar-refractivity contribution is 0.0982. The number of methoxy groups -OCH3 is 2. The van der Waals surface area contributed by atoms with Crippen molar-refractivity contribution < 1.29 is 19.1 Å². The SMILES string of the molecule is COc1cc(NC2=C(Cl)C(=O)c3ccccc3C2=O)cc(C)c1OC. The standard InChI is InChI=1S/C19H16ClNO4/c1-10-8-11(9-14(24-2)19(10)25-3)21-16-15(20)17(22)12-6-4-5-7-13(12)18(16)23/h4-9,21H,1-3H3. The van der Waals surface area contributed by atoms with E-state index < -0.39 is 0 Å². The molecular weight excluding hydrogens is 342 g/mol. The first-order chi connectivity index (χ1) is 12.0. The van der Waals surface area contributed by atoms with Crippen molar-refractivity contribution >= 4 is 28.9 Å². The van der Waals surface area contributed by atoms with Gasteiger partial charge in [-0.05, 0) is 18.6 Å². The van der Waals surface area contributed by atoms with Crippen LogP contribution in [0.4, 0.5) is 5.69 Å². The van der Waals surface area contributed by atoms with E-state index in [2.05, 4.69) is 5.32 Å². The summed E-state index contributed by atoms with van der Waals surface area (Å²) in [7, 11) is 3.08. The number of ketones is 2. The van der Waals surface area contributed by atoms with Crippen molar-refractivity contribution in [2.75, 3.05) is 19.5 Å². The van der Waals surface area contributed by atoms with Gasteiger partial charge < -0.3 is 14.8 Å². The molecule has 1 aliphatic rings. The summed E-state index contributed by atoms with van der Waals surface area (Å²) in [6.07, 6.45) is 0. The minimum atomic E-state index is -0.378. The van der Waals surface area contributed by atoms with E-state index in [1.165, 1.54) is 7.11 Å². The predicted molar refractivity (Wildman–Crippen MR) is 95.9 cm³/mol. The average molecular weight is 358 g/mol. The number of Topliss-reactive ketones (excluding diaryl/α,β-unsaturated/α-hetero) is 2. The highest BCUT2D eigenvalue weighted by Crippen LogP contribution is 2.36. The molecule has 0 aromatic heterocycles. The van der Waals surface area contributed by atoms with Gasteiger partial charge in [0.1, 0.15) is 10.7 Å². The molecule has 2 aromatic carbocycles. The molecule has 1 N–H and O–H groups in total. The number of rotatable bonds is 4. The maximum atomic E-state index is 12.7. The summed E-state index contributed by atoms with van der Waals surface area (Å²) in [4.78, 5) is 25.2. The smallest absolute Gasteiger partial charge is 0.211 e. The number of hydrogen-bond acceptors (Lipinski definition) is 5. The molecule has 0 aliphatic heterocycles. The van der Waals surface area contributed by atoms with Crippen LogP contribution in [0.15, 0.2) is 47.1 Å². The molecule has 0 bridgehead atoms. The summed E-state index contributed by atoms with van der Waals surface area (Å²) >= 11 is 6.17. The zero-order valence-electron chi connectivity index (χ0n) is 14.0. The Morgan fingerprint density at radius 1 is 0.960 bits per heavy atom. The van der Waals surface area contributed by atoms with Gasteiger partial charge in [0.15, 0.2) is 11.5 Å². The van der Waals surface area contributed by atoms with Gasteiger partial charge in [0.05, 0.1) is 14.2 Å². The van der Waals surface area contributed by atoms with Crippen LogP contribution < -0.4 is 14.8 Å². The van der Waals surface area contributed by atoms with Gasteiger partial charge in [0.25, 0.3) is 0 Å². The maximum absolute atomic E-state index is 12.7. The fraction of sp³-hybridized carbons (Fsp3) is 0.158. The van der Waals surface area contributed by atoms with Crippen molar-refractivity contribution in [2.45, 2.75) is 6.92 Å². The number of hydrogen-bond donors (Lipinski definition) is 1. The Morgan fingerprint density at radius 3 is 2.20 bits per heavy atom. The van der Waals surface area contributed by atoms with E-state index in [-0.39, 0.29) is 22.3 Å². The predicted octanol–water partition coefficient (Wildman–Crippen LogP) is 3.95. The fourth-order valence-electron chi connectivity index (χ4n) is 2.83. The second-order valence-electron chi connectivity index (χ2n) is 5.55. The van der Waals surface area contributed by atoms with E-state index in [0.29, 0.717) is 28.3 Å². The lowest BCUT2D eigenvalue weighted by Crippen LogP contribution is -2.24. The van der Waals surface area contributed by atoms with Crippen LogP contribution in [0.25, 0.3) is 0 Å². The molecular formula is C19H16ClNO4. The maximum Gasteiger partial charge on any atom is 0.211 e. The number of fused-ring (bicyclic) bond motifs is 1. The molecule has 1 aliphatic carbocycles. The Labute approximate surface area is 150 Å². The fourth-order valence-corrected chi connectivity index (χ4v) is 3.06. The van der Waals surface area contributed by atoms with Gasteiger partial charge in [-0.2, -0.15) is 0 Å². The number of allylic oxidation sites excluding steroid dienone is 2. The molecule has 3 rings (SSSR count). The van der Waals surface area contributed by atoms with Gasteiger partial charge in [-0.15, -0.1) is 0 Å². The van der Waals surface area contributed by atoms with Crippen LogP contribution in [-0.2, 0) is 0 Å². The first-order valence-corrected chi connectivity index (χ1v) is 7.93. The summed E-state index contributed by atoms with van der Waals surface area (Å²) in [5, 5.41) is 2.83. The number of ether oxygens (including phenoxy) is 2. The molecule has 0 amide bonds. The molecule has 0 fully saturated rings. The number of carbonyl (C=O) groups is 2. The van der Waals surface area contributed by atoms with Crippen molar-refractivity contribution in [1.82, 2.24) is 0 Å². The number of aryl methyl sites for hydroxylation is 1. The third-order valence-electron chi connectivity index (χ3n) is 4.00. The van der Waals surface area contributed by atoms with Crippen molar-refractivity contribution in [1.29, 1.82) is 0 Å². The molecule has 0 spiro atoms. The van der Waals surface area contributed by atoms with Gasteiger partial charge in [-0.1, -0.05) is 35.9 Å². The van der Waals surface area contributed by atoms with Crippen molar-refractivity contribution in [3.05, 3.63) is 63.8 Å². The number of nitrogens with one attached hydrogen (secondary N) is 1. The van der Waals surface area contributed by atoms with Crippen LogP contribution in [0, 0.1) is 6.92 Å². The molecule has 0 unspecified atom stereocenters. The zero-order valence-corrected chi connectivity index (χ0v) is 14.7. The third kappa shape index (κ3) is 2.87. The lowest BCUT2D eigenvalue weighted by Gasteiger charge is -2.20. The molecule has 25 heavy (non-hydrogen) atoms. The number of anilines is 1. The summed E-state index contributed by atoms with van der Waals surface area (Å²) in [6, 6.07) is 10.1. The molecule has 0 saturated heterocycles. The highest BCUT2D eigenvalue weighted by atomic mass is 35.5. The molecule has 6 heteroatoms. The van der Waals surface area contributed by atoms with Crippen LogP contribution in [0.5, 0.6) is 11.5 Å². The van der Waals surface area contributed by atoms with E-state index in [4.69, 9.17) is 21.1 Å². The lowest BCUT2D eigenvalue weighted by atomic mass is 9.92. The van der Waals surface area contributed by atoms with E-state index in [9.17, 15) is 9.59 Å². The molecule has 2 aromatic rings. The normalized spacial score (nSPS) is 13.6. The molecule has 0 radical (unpaired) electrons. The largest absolute Gasteiger partial charge is 0.493 e. The van der Waals surface area contributed by atoms with Crippen LogP contribution in [0.1, 0.15) is 26.3 Å². The van der Waals surface area contributed by atoms with E-state index in [1.54, 1.807) is 43.5 Å². The Bertz CT molecular complexity index is 918. The Hall–Kier alpha value is -2.79. The third-order valence-corrected chi connectivity index (χ3v) is 4.36. The number of benzene rings is 2. The van der Waals surface area contributed by atoms with Gasteiger partial charge in [0, 0.05) is 22.9 Å². The Kier molecular flexibility index (Phi) is 4.51. The van der Waals surface area contributed by atoms with E-state index in [0.717, 1.165) is 5.56 Å². The highest BCUT2D eigenvalue weighted by molar-refractivity contribution is 6.50. The Morgan fingerprint density at radius 2 is 1.60 bits per heavy atom. The minimum Gasteiger partial charge on any atom is -0.493 e. The molecule has 0 saturated carbocycles. The van der Waals surface area contributed by atoms with Crippen LogP contribution in [-0.4, -0.2) is 25.8 Å². The zero-order chi connectivity index (χ0) is 18.1. The second-order valence-corrected chi connectivity index (χ2v) is 5.92. The van der Waals surface area contributed by atoms with E-state index in [1.807, 2.05) is 6.92 Å². The van der Waals surface area contributed by atoms with Crippen molar-refractivity contribution in [2.24, 2.45) is 0 Å². The number of carbonyl (C=O) groups excluding carboxylic acids is 2. The summed E-state index contributed by atoms with van der Waals surface area (Å²) in [6.45, 7) is 1.85. The summed E-state index contributed by atoms with van der Waals surface area (Å²) in [5.41, 5.74) is 2.08. The molecule has 128 valence electrons. The van der Waals surface area contributed by atoms with Gasteiger partial charge in [-0.3, -0.25) is 9.59 Å². The van der Waals surface area contributed by atoms with Crippen molar-refractivity contribution in [3.8, 4) is 11.5 Å². The summed E-state index contributed by atoms with van der Waals surface area (Å²) in [5.74, 6) is 0.408.